The standard InChI is InChI=1S/C16H26N2O2/c1-2-13(15(19)17-11-7-4-3-5-8-11)18-14-10-6-9-12(14)16(18)20/h11-14H,2-10H2,1H3,(H,17,19)/t12-,13?,14+/m1/s1. The summed E-state index contributed by atoms with van der Waals surface area (Å²) in [5.41, 5.74) is 0. The molecule has 4 nitrogen and oxygen atoms in total. The topological polar surface area (TPSA) is 49.4 Å². The second kappa shape index (κ2) is 5.74. The zero-order valence-electron chi connectivity index (χ0n) is 12.4. The number of carbonyl (C=O) groups excluding carboxylic acids is 2. The van der Waals surface area contributed by atoms with Crippen LogP contribution >= 0.6 is 0 Å². The molecule has 2 saturated carbocycles. The lowest BCUT2D eigenvalue weighted by Gasteiger charge is -2.47. The predicted octanol–water partition coefficient (Wildman–Crippen LogP) is 2.22. The van der Waals surface area contributed by atoms with Gasteiger partial charge in [0.15, 0.2) is 0 Å². The van der Waals surface area contributed by atoms with Crippen LogP contribution in [0, 0.1) is 5.92 Å². The lowest BCUT2D eigenvalue weighted by molar-refractivity contribution is -0.162. The molecule has 112 valence electrons. The molecule has 4 heteroatoms. The Morgan fingerprint density at radius 2 is 1.95 bits per heavy atom. The number of hydrogen-bond acceptors (Lipinski definition) is 2. The molecule has 2 amide bonds. The fourth-order valence-electron chi connectivity index (χ4n) is 4.27. The Kier molecular flexibility index (Phi) is 3.99. The summed E-state index contributed by atoms with van der Waals surface area (Å²) in [6, 6.07) is 0.453. The van der Waals surface area contributed by atoms with Gasteiger partial charge in [0.25, 0.3) is 0 Å². The molecule has 3 fully saturated rings. The maximum atomic E-state index is 12.5. The zero-order valence-corrected chi connectivity index (χ0v) is 12.4. The molecular weight excluding hydrogens is 252 g/mol. The van der Waals surface area contributed by atoms with E-state index in [0.717, 1.165) is 38.5 Å². The summed E-state index contributed by atoms with van der Waals surface area (Å²) in [7, 11) is 0. The molecule has 3 atom stereocenters. The first-order valence-electron chi connectivity index (χ1n) is 8.35. The molecule has 2 aliphatic carbocycles. The highest BCUT2D eigenvalue weighted by atomic mass is 16.2. The maximum absolute atomic E-state index is 12.5. The fourth-order valence-corrected chi connectivity index (χ4v) is 4.27. The number of amides is 2. The number of nitrogens with one attached hydrogen (secondary N) is 1. The molecule has 0 aromatic rings. The average molecular weight is 278 g/mol. The van der Waals surface area contributed by atoms with E-state index in [9.17, 15) is 9.59 Å². The van der Waals surface area contributed by atoms with E-state index in [4.69, 9.17) is 0 Å². The molecule has 0 aromatic heterocycles. The SMILES string of the molecule is CCC(C(=O)NC1CCCCC1)N1C(=O)[C@@H]2CCC[C@@H]21. The van der Waals surface area contributed by atoms with Crippen molar-refractivity contribution in [2.24, 2.45) is 5.92 Å². The van der Waals surface area contributed by atoms with Crippen LogP contribution in [-0.4, -0.2) is 34.8 Å². The van der Waals surface area contributed by atoms with Crippen LogP contribution in [0.4, 0.5) is 0 Å². The Morgan fingerprint density at radius 3 is 2.65 bits per heavy atom. The third-order valence-electron chi connectivity index (χ3n) is 5.39. The quantitative estimate of drug-likeness (QED) is 0.802. The summed E-state index contributed by atoms with van der Waals surface area (Å²) in [6.45, 7) is 2.01. The Morgan fingerprint density at radius 1 is 1.20 bits per heavy atom. The van der Waals surface area contributed by atoms with Gasteiger partial charge in [0.2, 0.25) is 11.8 Å². The van der Waals surface area contributed by atoms with Crippen LogP contribution in [0.3, 0.4) is 0 Å². The van der Waals surface area contributed by atoms with Crippen molar-refractivity contribution in [3.8, 4) is 0 Å². The average Bonchev–Trinajstić information content (AvgIpc) is 2.89. The van der Waals surface area contributed by atoms with Crippen molar-refractivity contribution in [1.29, 1.82) is 0 Å². The molecule has 0 radical (unpaired) electrons. The van der Waals surface area contributed by atoms with Crippen LogP contribution in [0.1, 0.15) is 64.7 Å². The van der Waals surface area contributed by atoms with E-state index < -0.39 is 0 Å². The summed E-state index contributed by atoms with van der Waals surface area (Å²) >= 11 is 0. The van der Waals surface area contributed by atoms with Crippen molar-refractivity contribution >= 4 is 11.8 Å². The molecule has 3 aliphatic rings. The summed E-state index contributed by atoms with van der Waals surface area (Å²) in [5.74, 6) is 0.530. The van der Waals surface area contributed by atoms with Crippen LogP contribution in [0.15, 0.2) is 0 Å². The molecule has 1 N–H and O–H groups in total. The van der Waals surface area contributed by atoms with Gasteiger partial charge < -0.3 is 10.2 Å². The van der Waals surface area contributed by atoms with E-state index in [1.165, 1.54) is 19.3 Å². The first-order chi connectivity index (χ1) is 9.72. The minimum Gasteiger partial charge on any atom is -0.352 e. The predicted molar refractivity (Wildman–Crippen MR) is 77.1 cm³/mol. The van der Waals surface area contributed by atoms with Crippen molar-refractivity contribution in [1.82, 2.24) is 10.2 Å². The van der Waals surface area contributed by atoms with Crippen molar-refractivity contribution in [2.75, 3.05) is 0 Å². The highest BCUT2D eigenvalue weighted by Crippen LogP contribution is 2.41. The maximum Gasteiger partial charge on any atom is 0.243 e. The van der Waals surface area contributed by atoms with Gasteiger partial charge in [0.1, 0.15) is 6.04 Å². The highest BCUT2D eigenvalue weighted by Gasteiger charge is 2.53. The first-order valence-corrected chi connectivity index (χ1v) is 8.35. The molecule has 3 rings (SSSR count). The van der Waals surface area contributed by atoms with Crippen LogP contribution in [0.2, 0.25) is 0 Å². The van der Waals surface area contributed by atoms with E-state index in [0.29, 0.717) is 12.1 Å². The second-order valence-corrected chi connectivity index (χ2v) is 6.62. The highest BCUT2D eigenvalue weighted by molar-refractivity contribution is 5.93. The van der Waals surface area contributed by atoms with Crippen LogP contribution in [-0.2, 0) is 9.59 Å². The van der Waals surface area contributed by atoms with Gasteiger partial charge in [-0.05, 0) is 32.1 Å². The largest absolute Gasteiger partial charge is 0.352 e. The number of rotatable bonds is 4. The van der Waals surface area contributed by atoms with Crippen molar-refractivity contribution in [3.05, 3.63) is 0 Å². The lowest BCUT2D eigenvalue weighted by Crippen LogP contribution is -2.65. The summed E-state index contributed by atoms with van der Waals surface area (Å²) in [5, 5.41) is 3.19. The Labute approximate surface area is 121 Å². The Bertz CT molecular complexity index is 390. The van der Waals surface area contributed by atoms with Crippen LogP contribution in [0.25, 0.3) is 0 Å². The fraction of sp³-hybridized carbons (Fsp3) is 0.875. The lowest BCUT2D eigenvalue weighted by atomic mass is 9.87. The number of hydrogen-bond donors (Lipinski definition) is 1. The zero-order chi connectivity index (χ0) is 14.1. The van der Waals surface area contributed by atoms with Gasteiger partial charge in [0, 0.05) is 12.1 Å². The van der Waals surface area contributed by atoms with Crippen LogP contribution < -0.4 is 5.32 Å². The molecule has 1 unspecified atom stereocenters. The molecule has 0 aromatic carbocycles. The van der Waals surface area contributed by atoms with E-state index in [2.05, 4.69) is 5.32 Å². The Hall–Kier alpha value is -1.06. The Balaban J connectivity index is 1.61. The van der Waals surface area contributed by atoms with Gasteiger partial charge in [0.05, 0.1) is 5.92 Å². The van der Waals surface area contributed by atoms with Crippen molar-refractivity contribution in [2.45, 2.75) is 82.8 Å². The number of fused-ring (bicyclic) bond motifs is 1. The molecule has 1 aliphatic heterocycles. The van der Waals surface area contributed by atoms with Gasteiger partial charge in [-0.15, -0.1) is 0 Å². The summed E-state index contributed by atoms with van der Waals surface area (Å²) < 4.78 is 0. The van der Waals surface area contributed by atoms with Crippen LogP contribution in [0.5, 0.6) is 0 Å². The minimum atomic E-state index is -0.233. The monoisotopic (exact) mass is 278 g/mol. The van der Waals surface area contributed by atoms with Crippen molar-refractivity contribution < 1.29 is 9.59 Å². The van der Waals surface area contributed by atoms with Gasteiger partial charge >= 0.3 is 0 Å². The van der Waals surface area contributed by atoms with Gasteiger partial charge in [-0.25, -0.2) is 0 Å². The smallest absolute Gasteiger partial charge is 0.243 e. The molecule has 1 heterocycles. The van der Waals surface area contributed by atoms with Crippen molar-refractivity contribution in [3.63, 3.8) is 0 Å². The molecular formula is C16H26N2O2. The van der Waals surface area contributed by atoms with E-state index >= 15 is 0 Å². The van der Waals surface area contributed by atoms with Gasteiger partial charge in [-0.3, -0.25) is 9.59 Å². The van der Waals surface area contributed by atoms with E-state index in [-0.39, 0.29) is 23.8 Å². The normalized spacial score (nSPS) is 31.6. The number of likely N-dealkylation sites (tertiary alicyclic amines) is 1. The number of nitrogens with zero attached hydrogens (tertiary/aromatic N) is 1. The third kappa shape index (κ3) is 2.33. The third-order valence-corrected chi connectivity index (χ3v) is 5.39. The second-order valence-electron chi connectivity index (χ2n) is 6.62. The first kappa shape index (κ1) is 13.9. The summed E-state index contributed by atoms with van der Waals surface area (Å²) in [6.07, 6.45) is 9.91. The van der Waals surface area contributed by atoms with E-state index in [1.807, 2.05) is 11.8 Å². The molecule has 20 heavy (non-hydrogen) atoms. The molecule has 0 bridgehead atoms. The molecule has 0 spiro atoms. The summed E-state index contributed by atoms with van der Waals surface area (Å²) in [4.78, 5) is 26.6. The number of β-lactam (4-membered cyclic amide) rings is 1. The number of carbonyl (C=O) groups is 2. The minimum absolute atomic E-state index is 0.0816. The molecule has 1 saturated heterocycles. The van der Waals surface area contributed by atoms with Gasteiger partial charge in [-0.2, -0.15) is 0 Å². The van der Waals surface area contributed by atoms with E-state index in [1.54, 1.807) is 0 Å². The van der Waals surface area contributed by atoms with Gasteiger partial charge in [-0.1, -0.05) is 32.6 Å².